The summed E-state index contributed by atoms with van der Waals surface area (Å²) >= 11 is 1.37. The number of morpholine rings is 1. The van der Waals surface area contributed by atoms with Crippen molar-refractivity contribution in [2.45, 2.75) is 32.5 Å². The Labute approximate surface area is 150 Å². The Morgan fingerprint density at radius 3 is 2.80 bits per heavy atom. The van der Waals surface area contributed by atoms with Gasteiger partial charge in [-0.05, 0) is 25.5 Å². The van der Waals surface area contributed by atoms with Gasteiger partial charge in [0.1, 0.15) is 5.82 Å². The van der Waals surface area contributed by atoms with Gasteiger partial charge < -0.3 is 10.1 Å². The molecule has 0 spiro atoms. The molecule has 1 aliphatic heterocycles. The van der Waals surface area contributed by atoms with E-state index in [1.807, 2.05) is 19.9 Å². The van der Waals surface area contributed by atoms with Gasteiger partial charge in [-0.1, -0.05) is 18.2 Å². The van der Waals surface area contributed by atoms with Gasteiger partial charge >= 0.3 is 0 Å². The number of ether oxygens (including phenoxy) is 1. The lowest BCUT2D eigenvalue weighted by Gasteiger charge is -2.34. The number of nitrogens with one attached hydrogen (secondary N) is 1. The van der Waals surface area contributed by atoms with Crippen molar-refractivity contribution in [3.8, 4) is 0 Å². The zero-order valence-corrected chi connectivity index (χ0v) is 15.2. The molecular weight excluding hydrogens is 341 g/mol. The van der Waals surface area contributed by atoms with Gasteiger partial charge in [0.05, 0.1) is 18.8 Å². The second-order valence-electron chi connectivity index (χ2n) is 6.40. The van der Waals surface area contributed by atoms with Crippen LogP contribution in [0.2, 0.25) is 0 Å². The molecule has 2 unspecified atom stereocenters. The van der Waals surface area contributed by atoms with Gasteiger partial charge in [0.15, 0.2) is 5.13 Å². The van der Waals surface area contributed by atoms with E-state index in [1.165, 1.54) is 17.4 Å². The van der Waals surface area contributed by atoms with Crippen molar-refractivity contribution in [2.24, 2.45) is 0 Å². The van der Waals surface area contributed by atoms with E-state index in [0.29, 0.717) is 23.7 Å². The summed E-state index contributed by atoms with van der Waals surface area (Å²) in [7, 11) is 0. The van der Waals surface area contributed by atoms with Crippen LogP contribution < -0.4 is 5.32 Å². The molecule has 3 rings (SSSR count). The smallest absolute Gasteiger partial charge is 0.240 e. The largest absolute Gasteiger partial charge is 0.373 e. The third-order valence-corrected chi connectivity index (χ3v) is 4.90. The Morgan fingerprint density at radius 2 is 2.08 bits per heavy atom. The number of aromatic nitrogens is 1. The first-order valence-corrected chi connectivity index (χ1v) is 9.17. The Bertz CT molecular complexity index is 727. The molecule has 134 valence electrons. The van der Waals surface area contributed by atoms with Gasteiger partial charge in [0, 0.05) is 30.6 Å². The summed E-state index contributed by atoms with van der Waals surface area (Å²) in [6.45, 7) is 5.83. The third-order valence-electron chi connectivity index (χ3n) is 3.98. The fourth-order valence-corrected chi connectivity index (χ4v) is 3.90. The van der Waals surface area contributed by atoms with Crippen molar-refractivity contribution >= 4 is 22.4 Å². The van der Waals surface area contributed by atoms with Crippen molar-refractivity contribution in [2.75, 3.05) is 25.0 Å². The molecule has 0 bridgehead atoms. The molecule has 2 atom stereocenters. The van der Waals surface area contributed by atoms with E-state index in [0.717, 1.165) is 18.0 Å². The Balaban J connectivity index is 1.54. The number of carbonyl (C=O) groups excluding carboxylic acids is 1. The first-order valence-electron chi connectivity index (χ1n) is 8.35. The van der Waals surface area contributed by atoms with Gasteiger partial charge in [0.25, 0.3) is 0 Å². The van der Waals surface area contributed by atoms with E-state index in [2.05, 4.69) is 15.2 Å². The molecule has 0 saturated carbocycles. The van der Waals surface area contributed by atoms with Crippen molar-refractivity contribution < 1.29 is 13.9 Å². The number of hydrogen-bond acceptors (Lipinski definition) is 5. The van der Waals surface area contributed by atoms with Crippen LogP contribution in [-0.2, 0) is 16.0 Å². The SMILES string of the molecule is CC1CN(CC(=O)Nc2ncc(Cc3ccccc3F)s2)CC(C)O1. The van der Waals surface area contributed by atoms with E-state index in [4.69, 9.17) is 4.74 Å². The monoisotopic (exact) mass is 363 g/mol. The number of thiazole rings is 1. The predicted octanol–water partition coefficient (Wildman–Crippen LogP) is 2.92. The average molecular weight is 363 g/mol. The fraction of sp³-hybridized carbons (Fsp3) is 0.444. The summed E-state index contributed by atoms with van der Waals surface area (Å²) in [6, 6.07) is 6.69. The van der Waals surface area contributed by atoms with Crippen LogP contribution in [0.3, 0.4) is 0 Å². The van der Waals surface area contributed by atoms with Crippen LogP contribution in [0.25, 0.3) is 0 Å². The number of nitrogens with zero attached hydrogens (tertiary/aromatic N) is 2. The highest BCUT2D eigenvalue weighted by atomic mass is 32.1. The standard InChI is InChI=1S/C18H22FN3O2S/c1-12-9-22(10-13(2)24-12)11-17(23)21-18-20-8-15(25-18)7-14-5-3-4-6-16(14)19/h3-6,8,12-13H,7,9-11H2,1-2H3,(H,20,21,23). The first kappa shape index (κ1) is 18.0. The molecule has 25 heavy (non-hydrogen) atoms. The second-order valence-corrected chi connectivity index (χ2v) is 7.51. The normalized spacial score (nSPS) is 21.2. The van der Waals surface area contributed by atoms with Crippen molar-refractivity contribution in [3.63, 3.8) is 0 Å². The summed E-state index contributed by atoms with van der Waals surface area (Å²) in [4.78, 5) is 19.5. The van der Waals surface area contributed by atoms with Gasteiger partial charge in [-0.3, -0.25) is 9.69 Å². The van der Waals surface area contributed by atoms with Crippen LogP contribution in [0, 0.1) is 5.82 Å². The molecule has 1 aliphatic rings. The Morgan fingerprint density at radius 1 is 1.36 bits per heavy atom. The molecular formula is C18H22FN3O2S. The first-order chi connectivity index (χ1) is 12.0. The zero-order chi connectivity index (χ0) is 17.8. The molecule has 1 amide bonds. The van der Waals surface area contributed by atoms with E-state index >= 15 is 0 Å². The lowest BCUT2D eigenvalue weighted by Crippen LogP contribution is -2.48. The van der Waals surface area contributed by atoms with E-state index in [9.17, 15) is 9.18 Å². The van der Waals surface area contributed by atoms with Gasteiger partial charge in [-0.15, -0.1) is 11.3 Å². The summed E-state index contributed by atoms with van der Waals surface area (Å²) in [5.41, 5.74) is 0.625. The molecule has 1 aromatic heterocycles. The van der Waals surface area contributed by atoms with Crippen molar-refractivity contribution in [1.82, 2.24) is 9.88 Å². The van der Waals surface area contributed by atoms with Crippen LogP contribution in [-0.4, -0.2) is 47.6 Å². The van der Waals surface area contributed by atoms with E-state index < -0.39 is 0 Å². The molecule has 2 heterocycles. The fourth-order valence-electron chi connectivity index (χ4n) is 3.05. The van der Waals surface area contributed by atoms with Gasteiger partial charge in [-0.25, -0.2) is 9.37 Å². The van der Waals surface area contributed by atoms with Gasteiger partial charge in [0.2, 0.25) is 5.91 Å². The Kier molecular flexibility index (Phi) is 5.78. The van der Waals surface area contributed by atoms with Crippen molar-refractivity contribution in [1.29, 1.82) is 0 Å². The van der Waals surface area contributed by atoms with Crippen LogP contribution >= 0.6 is 11.3 Å². The summed E-state index contributed by atoms with van der Waals surface area (Å²) in [5.74, 6) is -0.315. The van der Waals surface area contributed by atoms with Crippen LogP contribution in [0.15, 0.2) is 30.5 Å². The second kappa shape index (κ2) is 8.03. The molecule has 1 saturated heterocycles. The molecule has 7 heteroatoms. The third kappa shape index (κ3) is 5.07. The van der Waals surface area contributed by atoms with Crippen LogP contribution in [0.4, 0.5) is 9.52 Å². The van der Waals surface area contributed by atoms with E-state index in [-0.39, 0.29) is 23.9 Å². The minimum atomic E-state index is -0.225. The average Bonchev–Trinajstić information content (AvgIpc) is 2.95. The molecule has 1 fully saturated rings. The maximum absolute atomic E-state index is 13.7. The minimum absolute atomic E-state index is 0.0897. The topological polar surface area (TPSA) is 54.5 Å². The summed E-state index contributed by atoms with van der Waals surface area (Å²) in [6.07, 6.45) is 2.41. The molecule has 0 aliphatic carbocycles. The number of rotatable bonds is 5. The van der Waals surface area contributed by atoms with E-state index in [1.54, 1.807) is 18.3 Å². The number of carbonyl (C=O) groups is 1. The molecule has 1 aromatic carbocycles. The molecule has 2 aromatic rings. The molecule has 0 radical (unpaired) electrons. The Hall–Kier alpha value is -1.83. The molecule has 5 nitrogen and oxygen atoms in total. The summed E-state index contributed by atoms with van der Waals surface area (Å²) < 4.78 is 19.4. The maximum atomic E-state index is 13.7. The quantitative estimate of drug-likeness (QED) is 0.887. The molecule has 1 N–H and O–H groups in total. The van der Waals surface area contributed by atoms with Gasteiger partial charge in [-0.2, -0.15) is 0 Å². The van der Waals surface area contributed by atoms with Crippen molar-refractivity contribution in [3.05, 3.63) is 46.7 Å². The lowest BCUT2D eigenvalue weighted by atomic mass is 10.1. The number of amides is 1. The number of halogens is 1. The zero-order valence-electron chi connectivity index (χ0n) is 14.4. The van der Waals surface area contributed by atoms with Crippen LogP contribution in [0.5, 0.6) is 0 Å². The minimum Gasteiger partial charge on any atom is -0.373 e. The maximum Gasteiger partial charge on any atom is 0.240 e. The highest BCUT2D eigenvalue weighted by molar-refractivity contribution is 7.15. The lowest BCUT2D eigenvalue weighted by molar-refractivity contribution is -0.121. The van der Waals surface area contributed by atoms with Crippen LogP contribution in [0.1, 0.15) is 24.3 Å². The predicted molar refractivity (Wildman–Crippen MR) is 96.4 cm³/mol. The summed E-state index contributed by atoms with van der Waals surface area (Å²) in [5, 5.41) is 3.38. The number of hydrogen-bond donors (Lipinski definition) is 1. The number of anilines is 1. The highest BCUT2D eigenvalue weighted by Gasteiger charge is 2.23. The number of benzene rings is 1. The highest BCUT2D eigenvalue weighted by Crippen LogP contribution is 2.22.